The first-order chi connectivity index (χ1) is 9.56. The maximum atomic E-state index is 11.8. The molecule has 1 saturated carbocycles. The Kier molecular flexibility index (Phi) is 2.88. The van der Waals surface area contributed by atoms with E-state index >= 15 is 0 Å². The van der Waals surface area contributed by atoms with Crippen molar-refractivity contribution >= 4 is 5.91 Å². The molecule has 3 aliphatic heterocycles. The predicted octanol–water partition coefficient (Wildman–Crippen LogP) is -0.252. The van der Waals surface area contributed by atoms with Crippen LogP contribution in [0.2, 0.25) is 0 Å². The summed E-state index contributed by atoms with van der Waals surface area (Å²) in [6.45, 7) is 7.53. The van der Waals surface area contributed by atoms with Crippen molar-refractivity contribution in [3.63, 3.8) is 0 Å². The minimum absolute atomic E-state index is 0.126. The van der Waals surface area contributed by atoms with Gasteiger partial charge in [-0.05, 0) is 25.2 Å². The number of likely N-dealkylation sites (tertiary alicyclic amines) is 1. The molecule has 5 heteroatoms. The van der Waals surface area contributed by atoms with Crippen molar-refractivity contribution in [2.24, 2.45) is 5.92 Å². The highest BCUT2D eigenvalue weighted by molar-refractivity contribution is 5.73. The molecule has 2 atom stereocenters. The molecule has 3 saturated heterocycles. The fourth-order valence-corrected chi connectivity index (χ4v) is 4.51. The van der Waals surface area contributed by atoms with Gasteiger partial charge in [-0.1, -0.05) is 0 Å². The number of carbonyl (C=O) groups is 1. The van der Waals surface area contributed by atoms with Gasteiger partial charge in [0.2, 0.25) is 5.91 Å². The Balaban J connectivity index is 1.49. The molecule has 1 amide bonds. The second-order valence-electron chi connectivity index (χ2n) is 7.43. The third-order valence-electron chi connectivity index (χ3n) is 5.61. The number of aliphatic hydroxyl groups excluding tert-OH is 1. The van der Waals surface area contributed by atoms with Crippen LogP contribution in [0.3, 0.4) is 0 Å². The molecule has 0 aromatic heterocycles. The topological polar surface area (TPSA) is 47.0 Å². The molecule has 5 nitrogen and oxygen atoms in total. The van der Waals surface area contributed by atoms with Crippen LogP contribution in [0.1, 0.15) is 26.2 Å². The van der Waals surface area contributed by atoms with Gasteiger partial charge in [0.1, 0.15) is 0 Å². The van der Waals surface area contributed by atoms with Crippen LogP contribution in [-0.4, -0.2) is 82.7 Å². The minimum atomic E-state index is -0.207. The summed E-state index contributed by atoms with van der Waals surface area (Å²) < 4.78 is 0. The normalized spacial score (nSPS) is 37.0. The summed E-state index contributed by atoms with van der Waals surface area (Å²) in [5.74, 6) is 1.12. The number of hydrogen-bond acceptors (Lipinski definition) is 4. The van der Waals surface area contributed by atoms with E-state index in [9.17, 15) is 9.90 Å². The van der Waals surface area contributed by atoms with Crippen LogP contribution in [0.5, 0.6) is 0 Å². The van der Waals surface area contributed by atoms with Gasteiger partial charge in [-0.25, -0.2) is 0 Å². The molecule has 0 radical (unpaired) electrons. The van der Waals surface area contributed by atoms with Gasteiger partial charge in [0, 0.05) is 52.2 Å². The van der Waals surface area contributed by atoms with Crippen LogP contribution in [0, 0.1) is 5.92 Å². The Bertz CT molecular complexity index is 417. The highest BCUT2D eigenvalue weighted by atomic mass is 16.3. The van der Waals surface area contributed by atoms with Gasteiger partial charge in [-0.15, -0.1) is 0 Å². The molecule has 3 heterocycles. The molecule has 4 fully saturated rings. The Labute approximate surface area is 120 Å². The molecular formula is C15H25N3O2. The number of fused-ring (bicyclic) bond motifs is 2. The van der Waals surface area contributed by atoms with Crippen molar-refractivity contribution in [2.45, 2.75) is 43.9 Å². The van der Waals surface area contributed by atoms with Crippen LogP contribution in [0.15, 0.2) is 0 Å². The molecular weight excluding hydrogens is 254 g/mol. The lowest BCUT2D eigenvalue weighted by Crippen LogP contribution is -2.78. The number of β-amino-alcohol motifs (C(OH)–C–C–N with tert-alkyl or cyclic N) is 1. The van der Waals surface area contributed by atoms with E-state index in [0.717, 1.165) is 45.1 Å². The predicted molar refractivity (Wildman–Crippen MR) is 75.3 cm³/mol. The van der Waals surface area contributed by atoms with Crippen LogP contribution >= 0.6 is 0 Å². The molecule has 20 heavy (non-hydrogen) atoms. The zero-order valence-corrected chi connectivity index (χ0v) is 12.3. The van der Waals surface area contributed by atoms with Gasteiger partial charge < -0.3 is 10.0 Å². The van der Waals surface area contributed by atoms with Gasteiger partial charge in [0.25, 0.3) is 0 Å². The molecule has 4 aliphatic rings. The van der Waals surface area contributed by atoms with E-state index in [2.05, 4.69) is 9.80 Å². The number of amides is 1. The molecule has 0 unspecified atom stereocenters. The lowest BCUT2D eigenvalue weighted by atomic mass is 9.83. The molecule has 1 N–H and O–H groups in total. The number of carbonyl (C=O) groups excluding carboxylic acids is 1. The first kappa shape index (κ1) is 13.0. The van der Waals surface area contributed by atoms with Gasteiger partial charge in [-0.2, -0.15) is 0 Å². The first-order valence-corrected chi connectivity index (χ1v) is 7.98. The van der Waals surface area contributed by atoms with Gasteiger partial charge >= 0.3 is 0 Å². The molecule has 0 aromatic rings. The van der Waals surface area contributed by atoms with Crippen LogP contribution in [-0.2, 0) is 4.79 Å². The van der Waals surface area contributed by atoms with Gasteiger partial charge in [0.15, 0.2) is 0 Å². The summed E-state index contributed by atoms with van der Waals surface area (Å²) in [7, 11) is 0. The highest BCUT2D eigenvalue weighted by Gasteiger charge is 2.56. The smallest absolute Gasteiger partial charge is 0.219 e. The van der Waals surface area contributed by atoms with E-state index in [-0.39, 0.29) is 17.6 Å². The van der Waals surface area contributed by atoms with E-state index in [1.54, 1.807) is 6.92 Å². The lowest BCUT2D eigenvalue weighted by Gasteiger charge is -2.61. The minimum Gasteiger partial charge on any atom is -0.392 e. The quantitative estimate of drug-likeness (QED) is 0.757. The van der Waals surface area contributed by atoms with E-state index in [0.29, 0.717) is 6.04 Å². The average molecular weight is 279 g/mol. The SMILES string of the molecule is CC(=O)N1C[C@@H]2C[C@@H](O)CN2C2(CN(CC3CC3)C2)C1. The van der Waals surface area contributed by atoms with Gasteiger partial charge in [-0.3, -0.25) is 14.6 Å². The maximum Gasteiger partial charge on any atom is 0.219 e. The lowest BCUT2D eigenvalue weighted by molar-refractivity contribution is -0.148. The first-order valence-electron chi connectivity index (χ1n) is 7.98. The number of aliphatic hydroxyl groups is 1. The van der Waals surface area contributed by atoms with E-state index in [1.165, 1.54) is 19.4 Å². The van der Waals surface area contributed by atoms with E-state index < -0.39 is 0 Å². The van der Waals surface area contributed by atoms with Crippen molar-refractivity contribution in [3.8, 4) is 0 Å². The number of nitrogens with zero attached hydrogens (tertiary/aromatic N) is 3. The Hall–Kier alpha value is -0.650. The summed E-state index contributed by atoms with van der Waals surface area (Å²) in [6, 6.07) is 0.366. The summed E-state index contributed by atoms with van der Waals surface area (Å²) in [6.07, 6.45) is 3.41. The Morgan fingerprint density at radius 1 is 1.25 bits per heavy atom. The molecule has 1 aliphatic carbocycles. The molecule has 0 aromatic carbocycles. The second-order valence-corrected chi connectivity index (χ2v) is 7.43. The van der Waals surface area contributed by atoms with Crippen molar-refractivity contribution in [2.75, 3.05) is 39.3 Å². The van der Waals surface area contributed by atoms with Crippen LogP contribution < -0.4 is 0 Å². The molecule has 4 rings (SSSR count). The summed E-state index contributed by atoms with van der Waals surface area (Å²) >= 11 is 0. The Morgan fingerprint density at radius 3 is 2.65 bits per heavy atom. The Morgan fingerprint density at radius 2 is 2.00 bits per heavy atom. The maximum absolute atomic E-state index is 11.8. The summed E-state index contributed by atoms with van der Waals surface area (Å²) in [5.41, 5.74) is 0.126. The molecule has 0 bridgehead atoms. The second kappa shape index (κ2) is 4.42. The highest BCUT2D eigenvalue weighted by Crippen LogP contribution is 2.41. The number of piperazine rings is 1. The van der Waals surface area contributed by atoms with Crippen molar-refractivity contribution in [1.82, 2.24) is 14.7 Å². The number of hydrogen-bond donors (Lipinski definition) is 1. The van der Waals surface area contributed by atoms with Crippen LogP contribution in [0.25, 0.3) is 0 Å². The van der Waals surface area contributed by atoms with E-state index in [1.807, 2.05) is 4.90 Å². The van der Waals surface area contributed by atoms with Gasteiger partial charge in [0.05, 0.1) is 11.6 Å². The van der Waals surface area contributed by atoms with Crippen LogP contribution in [0.4, 0.5) is 0 Å². The number of rotatable bonds is 2. The molecule has 1 spiro atoms. The monoisotopic (exact) mass is 279 g/mol. The van der Waals surface area contributed by atoms with E-state index in [4.69, 9.17) is 0 Å². The summed E-state index contributed by atoms with van der Waals surface area (Å²) in [5, 5.41) is 10.00. The average Bonchev–Trinajstić information content (AvgIpc) is 3.06. The molecule has 112 valence electrons. The standard InChI is InChI=1S/C15H25N3O2/c1-11(19)17-6-13-4-14(20)7-18(13)15(10-17)8-16(9-15)5-12-2-3-12/h12-14,20H,2-10H2,1H3/t13-,14+/m0/s1. The zero-order valence-electron chi connectivity index (χ0n) is 12.3. The third kappa shape index (κ3) is 2.07. The van der Waals surface area contributed by atoms with Crippen molar-refractivity contribution in [1.29, 1.82) is 0 Å². The zero-order chi connectivity index (χ0) is 13.9. The van der Waals surface area contributed by atoms with Crippen molar-refractivity contribution in [3.05, 3.63) is 0 Å². The fourth-order valence-electron chi connectivity index (χ4n) is 4.51. The summed E-state index contributed by atoms with van der Waals surface area (Å²) in [4.78, 5) is 18.9. The fraction of sp³-hybridized carbons (Fsp3) is 0.933. The third-order valence-corrected chi connectivity index (χ3v) is 5.61. The largest absolute Gasteiger partial charge is 0.392 e. The van der Waals surface area contributed by atoms with Crippen molar-refractivity contribution < 1.29 is 9.90 Å².